The van der Waals surface area contributed by atoms with Gasteiger partial charge in [-0.1, -0.05) is 28.1 Å². The summed E-state index contributed by atoms with van der Waals surface area (Å²) in [6, 6.07) is 16.8. The van der Waals surface area contributed by atoms with Crippen LogP contribution in [-0.4, -0.2) is 25.7 Å². The van der Waals surface area contributed by atoms with Crippen LogP contribution in [0.25, 0.3) is 11.3 Å². The van der Waals surface area contributed by atoms with Crippen molar-refractivity contribution in [2.75, 3.05) is 11.8 Å². The van der Waals surface area contributed by atoms with Crippen LogP contribution in [0, 0.1) is 0 Å². The molecular formula is C17H14BrN3O3S. The molecule has 0 unspecified atom stereocenters. The van der Waals surface area contributed by atoms with Gasteiger partial charge in [0, 0.05) is 21.8 Å². The van der Waals surface area contributed by atoms with E-state index in [1.165, 1.54) is 19.2 Å². The number of methoxy groups -OCH3 is 1. The molecule has 0 atom stereocenters. The molecule has 25 heavy (non-hydrogen) atoms. The summed E-state index contributed by atoms with van der Waals surface area (Å²) in [5, 5.41) is 7.99. The van der Waals surface area contributed by atoms with E-state index in [4.69, 9.17) is 4.74 Å². The maximum atomic E-state index is 12.5. The fourth-order valence-corrected chi connectivity index (χ4v) is 3.47. The average molecular weight is 420 g/mol. The Balaban J connectivity index is 1.87. The highest BCUT2D eigenvalue weighted by molar-refractivity contribution is 9.10. The predicted molar refractivity (Wildman–Crippen MR) is 99.0 cm³/mol. The van der Waals surface area contributed by atoms with Gasteiger partial charge in [-0.25, -0.2) is 8.42 Å². The molecule has 1 N–H and O–H groups in total. The summed E-state index contributed by atoms with van der Waals surface area (Å²) in [5.74, 6) is 0.413. The Labute approximate surface area is 154 Å². The molecule has 0 bridgehead atoms. The molecule has 3 rings (SSSR count). The van der Waals surface area contributed by atoms with E-state index in [2.05, 4.69) is 30.8 Å². The van der Waals surface area contributed by atoms with Gasteiger partial charge in [0.25, 0.3) is 10.0 Å². The number of rotatable bonds is 5. The highest BCUT2D eigenvalue weighted by Crippen LogP contribution is 2.24. The summed E-state index contributed by atoms with van der Waals surface area (Å²) in [6.45, 7) is 0. The molecular weight excluding hydrogens is 406 g/mol. The van der Waals surface area contributed by atoms with Gasteiger partial charge in [0.1, 0.15) is 0 Å². The minimum Gasteiger partial charge on any atom is -0.480 e. The zero-order chi connectivity index (χ0) is 17.9. The van der Waals surface area contributed by atoms with Gasteiger partial charge in [-0.05, 0) is 42.5 Å². The topological polar surface area (TPSA) is 81.2 Å². The lowest BCUT2D eigenvalue weighted by Crippen LogP contribution is -2.12. The number of halogens is 1. The van der Waals surface area contributed by atoms with Crippen LogP contribution in [0.4, 0.5) is 5.69 Å². The van der Waals surface area contributed by atoms with Crippen LogP contribution in [0.1, 0.15) is 0 Å². The lowest BCUT2D eigenvalue weighted by molar-refractivity contribution is 0.392. The van der Waals surface area contributed by atoms with Gasteiger partial charge in [-0.15, -0.1) is 10.2 Å². The molecule has 1 aromatic heterocycles. The van der Waals surface area contributed by atoms with Gasteiger partial charge in [0.05, 0.1) is 17.7 Å². The largest absolute Gasteiger partial charge is 0.480 e. The van der Waals surface area contributed by atoms with Crippen molar-refractivity contribution in [1.82, 2.24) is 10.2 Å². The monoisotopic (exact) mass is 419 g/mol. The van der Waals surface area contributed by atoms with E-state index in [-0.39, 0.29) is 4.90 Å². The molecule has 0 aliphatic carbocycles. The quantitative estimate of drug-likeness (QED) is 0.681. The number of anilines is 1. The van der Waals surface area contributed by atoms with E-state index in [0.717, 1.165) is 10.0 Å². The second-order valence-corrected chi connectivity index (χ2v) is 7.70. The van der Waals surface area contributed by atoms with Crippen LogP contribution in [-0.2, 0) is 10.0 Å². The third-order valence-corrected chi connectivity index (χ3v) is 5.31. The maximum Gasteiger partial charge on any atom is 0.261 e. The first kappa shape index (κ1) is 17.4. The van der Waals surface area contributed by atoms with Crippen molar-refractivity contribution in [1.29, 1.82) is 0 Å². The zero-order valence-electron chi connectivity index (χ0n) is 13.2. The summed E-state index contributed by atoms with van der Waals surface area (Å²) in [5.41, 5.74) is 1.80. The van der Waals surface area contributed by atoms with Crippen molar-refractivity contribution < 1.29 is 13.2 Å². The molecule has 0 saturated carbocycles. The van der Waals surface area contributed by atoms with E-state index in [0.29, 0.717) is 17.3 Å². The van der Waals surface area contributed by atoms with Crippen LogP contribution >= 0.6 is 15.9 Å². The molecule has 8 heteroatoms. The smallest absolute Gasteiger partial charge is 0.261 e. The molecule has 3 aromatic rings. The number of nitrogens with one attached hydrogen (secondary N) is 1. The standard InChI is InChI=1S/C17H14BrN3O3S/c1-24-17-10-9-16(19-20-17)12-3-2-4-14(11-12)21-25(22,23)15-7-5-13(18)6-8-15/h2-11,21H,1H3. The summed E-state index contributed by atoms with van der Waals surface area (Å²) in [7, 11) is -2.15. The molecule has 6 nitrogen and oxygen atoms in total. The number of ether oxygens (including phenoxy) is 1. The van der Waals surface area contributed by atoms with E-state index < -0.39 is 10.0 Å². The van der Waals surface area contributed by atoms with Crippen molar-refractivity contribution in [2.45, 2.75) is 4.90 Å². The second-order valence-electron chi connectivity index (χ2n) is 5.10. The van der Waals surface area contributed by atoms with Gasteiger partial charge in [0.2, 0.25) is 5.88 Å². The molecule has 0 radical (unpaired) electrons. The minimum atomic E-state index is -3.67. The Hall–Kier alpha value is -2.45. The van der Waals surface area contributed by atoms with E-state index in [1.54, 1.807) is 42.5 Å². The van der Waals surface area contributed by atoms with Gasteiger partial charge in [0.15, 0.2) is 0 Å². The molecule has 0 amide bonds. The molecule has 128 valence electrons. The summed E-state index contributed by atoms with van der Waals surface area (Å²) < 4.78 is 33.3. The van der Waals surface area contributed by atoms with Gasteiger partial charge >= 0.3 is 0 Å². The Morgan fingerprint density at radius 1 is 1.00 bits per heavy atom. The Bertz CT molecular complexity index is 975. The van der Waals surface area contributed by atoms with Gasteiger partial charge < -0.3 is 4.74 Å². The fourth-order valence-electron chi connectivity index (χ4n) is 2.15. The van der Waals surface area contributed by atoms with Crippen LogP contribution in [0.2, 0.25) is 0 Å². The van der Waals surface area contributed by atoms with Crippen molar-refractivity contribution >= 4 is 31.6 Å². The minimum absolute atomic E-state index is 0.186. The van der Waals surface area contributed by atoms with Crippen molar-refractivity contribution in [3.63, 3.8) is 0 Å². The highest BCUT2D eigenvalue weighted by atomic mass is 79.9. The van der Waals surface area contributed by atoms with Crippen molar-refractivity contribution in [3.8, 4) is 17.1 Å². The summed E-state index contributed by atoms with van der Waals surface area (Å²) in [4.78, 5) is 0.186. The Kier molecular flexibility index (Phi) is 5.00. The van der Waals surface area contributed by atoms with Crippen LogP contribution in [0.15, 0.2) is 70.0 Å². The maximum absolute atomic E-state index is 12.5. The summed E-state index contributed by atoms with van der Waals surface area (Å²) in [6.07, 6.45) is 0. The lowest BCUT2D eigenvalue weighted by atomic mass is 10.1. The average Bonchev–Trinajstić information content (AvgIpc) is 2.62. The first-order valence-electron chi connectivity index (χ1n) is 7.24. The van der Waals surface area contributed by atoms with E-state index in [9.17, 15) is 8.42 Å². The van der Waals surface area contributed by atoms with Crippen LogP contribution in [0.3, 0.4) is 0 Å². The third-order valence-electron chi connectivity index (χ3n) is 3.38. The molecule has 0 aliphatic rings. The molecule has 2 aromatic carbocycles. The lowest BCUT2D eigenvalue weighted by Gasteiger charge is -2.09. The number of hydrogen-bond donors (Lipinski definition) is 1. The number of hydrogen-bond acceptors (Lipinski definition) is 5. The fraction of sp³-hybridized carbons (Fsp3) is 0.0588. The number of aromatic nitrogens is 2. The van der Waals surface area contributed by atoms with E-state index in [1.807, 2.05) is 6.07 Å². The second kappa shape index (κ2) is 7.20. The first-order valence-corrected chi connectivity index (χ1v) is 9.52. The number of sulfonamides is 1. The Morgan fingerprint density at radius 3 is 2.40 bits per heavy atom. The van der Waals surface area contributed by atoms with Crippen molar-refractivity contribution in [3.05, 3.63) is 65.1 Å². The molecule has 0 fully saturated rings. The molecule has 1 heterocycles. The van der Waals surface area contributed by atoms with Gasteiger partial charge in [-0.3, -0.25) is 4.72 Å². The first-order chi connectivity index (χ1) is 12.0. The van der Waals surface area contributed by atoms with E-state index >= 15 is 0 Å². The third kappa shape index (κ3) is 4.15. The summed E-state index contributed by atoms with van der Waals surface area (Å²) >= 11 is 3.29. The number of nitrogens with zero attached hydrogens (tertiary/aromatic N) is 2. The number of benzene rings is 2. The van der Waals surface area contributed by atoms with Crippen LogP contribution in [0.5, 0.6) is 5.88 Å². The molecule has 0 saturated heterocycles. The normalized spacial score (nSPS) is 11.1. The van der Waals surface area contributed by atoms with Crippen LogP contribution < -0.4 is 9.46 Å². The predicted octanol–water partition coefficient (Wildman–Crippen LogP) is 3.72. The Morgan fingerprint density at radius 2 is 1.76 bits per heavy atom. The zero-order valence-corrected chi connectivity index (χ0v) is 15.6. The highest BCUT2D eigenvalue weighted by Gasteiger charge is 2.14. The van der Waals surface area contributed by atoms with Gasteiger partial charge in [-0.2, -0.15) is 0 Å². The SMILES string of the molecule is COc1ccc(-c2cccc(NS(=O)(=O)c3ccc(Br)cc3)c2)nn1. The molecule has 0 spiro atoms. The van der Waals surface area contributed by atoms with Crippen molar-refractivity contribution in [2.24, 2.45) is 0 Å². The molecule has 0 aliphatic heterocycles.